The predicted octanol–water partition coefficient (Wildman–Crippen LogP) is 1.91. The van der Waals surface area contributed by atoms with Crippen molar-refractivity contribution in [2.75, 3.05) is 4.72 Å². The maximum atomic E-state index is 12.4. The molecule has 2 aromatic rings. The van der Waals surface area contributed by atoms with Crippen LogP contribution in [0.1, 0.15) is 17.4 Å². The molecule has 1 aliphatic heterocycles. The van der Waals surface area contributed by atoms with Crippen molar-refractivity contribution in [2.45, 2.75) is 23.6 Å². The molecule has 1 atom stereocenters. The lowest BCUT2D eigenvalue weighted by molar-refractivity contribution is -0.123. The largest absolute Gasteiger partial charge is 0.322 e. The van der Waals surface area contributed by atoms with Gasteiger partial charge in [-0.15, -0.1) is 11.3 Å². The summed E-state index contributed by atoms with van der Waals surface area (Å²) in [6.07, 6.45) is 0. The SMILES string of the molecule is Cc1ccc(S(=O)(=O)Nc2cccc(C3(C)NC(=O)NC3=O)c2)s1. The zero-order valence-corrected chi connectivity index (χ0v) is 14.5. The second kappa shape index (κ2) is 5.60. The Bertz CT molecular complexity index is 936. The molecule has 0 spiro atoms. The third-order valence-corrected chi connectivity index (χ3v) is 6.59. The molecule has 1 saturated heterocycles. The lowest BCUT2D eigenvalue weighted by Crippen LogP contribution is -2.40. The number of thiophene rings is 1. The van der Waals surface area contributed by atoms with E-state index in [2.05, 4.69) is 15.4 Å². The van der Waals surface area contributed by atoms with E-state index in [1.54, 1.807) is 31.2 Å². The standard InChI is InChI=1S/C15H15N3O4S2/c1-9-6-7-12(23-9)24(21,22)18-11-5-3-4-10(8-11)15(2)13(19)16-14(20)17-15/h3-8,18H,1-2H3,(H2,16,17,19,20). The van der Waals surface area contributed by atoms with Gasteiger partial charge in [0.2, 0.25) is 0 Å². The van der Waals surface area contributed by atoms with Gasteiger partial charge in [0, 0.05) is 10.6 Å². The molecule has 3 rings (SSSR count). The van der Waals surface area contributed by atoms with Gasteiger partial charge in [-0.05, 0) is 43.7 Å². The summed E-state index contributed by atoms with van der Waals surface area (Å²) in [7, 11) is -3.70. The van der Waals surface area contributed by atoms with Gasteiger partial charge in [-0.3, -0.25) is 14.8 Å². The van der Waals surface area contributed by atoms with Gasteiger partial charge < -0.3 is 5.32 Å². The zero-order valence-electron chi connectivity index (χ0n) is 12.9. The second-order valence-electron chi connectivity index (χ2n) is 5.58. The van der Waals surface area contributed by atoms with Crippen molar-refractivity contribution < 1.29 is 18.0 Å². The number of rotatable bonds is 4. The van der Waals surface area contributed by atoms with E-state index in [9.17, 15) is 18.0 Å². The minimum absolute atomic E-state index is 0.212. The van der Waals surface area contributed by atoms with Crippen LogP contribution in [0.5, 0.6) is 0 Å². The number of hydrogen-bond acceptors (Lipinski definition) is 5. The van der Waals surface area contributed by atoms with E-state index in [1.165, 1.54) is 23.5 Å². The van der Waals surface area contributed by atoms with Crippen molar-refractivity contribution in [1.29, 1.82) is 0 Å². The number of carbonyl (C=O) groups excluding carboxylic acids is 2. The smallest absolute Gasteiger partial charge is 0.320 e. The Kier molecular flexibility index (Phi) is 3.84. The van der Waals surface area contributed by atoms with Crippen molar-refractivity contribution in [2.24, 2.45) is 0 Å². The normalized spacial score (nSPS) is 20.6. The number of imide groups is 1. The Morgan fingerprint density at radius 1 is 1.17 bits per heavy atom. The Hall–Kier alpha value is -2.39. The molecule has 9 heteroatoms. The van der Waals surface area contributed by atoms with Crippen LogP contribution in [0.3, 0.4) is 0 Å². The number of nitrogens with one attached hydrogen (secondary N) is 3. The van der Waals surface area contributed by atoms with Crippen LogP contribution in [-0.4, -0.2) is 20.4 Å². The summed E-state index contributed by atoms with van der Waals surface area (Å²) in [5.41, 5.74) is -0.444. The van der Waals surface area contributed by atoms with Crippen molar-refractivity contribution in [3.8, 4) is 0 Å². The zero-order chi connectivity index (χ0) is 17.5. The summed E-state index contributed by atoms with van der Waals surface area (Å²) >= 11 is 1.17. The third kappa shape index (κ3) is 2.87. The van der Waals surface area contributed by atoms with E-state index >= 15 is 0 Å². The Morgan fingerprint density at radius 3 is 2.50 bits per heavy atom. The lowest BCUT2D eigenvalue weighted by atomic mass is 9.92. The number of aryl methyl sites for hydroxylation is 1. The number of benzene rings is 1. The molecule has 1 aromatic heterocycles. The summed E-state index contributed by atoms with van der Waals surface area (Å²) in [5, 5.41) is 4.72. The van der Waals surface area contributed by atoms with E-state index in [-0.39, 0.29) is 4.21 Å². The monoisotopic (exact) mass is 365 g/mol. The number of urea groups is 1. The maximum absolute atomic E-state index is 12.4. The summed E-state index contributed by atoms with van der Waals surface area (Å²) < 4.78 is 27.5. The van der Waals surface area contributed by atoms with Crippen LogP contribution in [-0.2, 0) is 20.4 Å². The van der Waals surface area contributed by atoms with E-state index in [4.69, 9.17) is 0 Å². The van der Waals surface area contributed by atoms with E-state index in [0.717, 1.165) is 4.88 Å². The van der Waals surface area contributed by atoms with Crippen LogP contribution in [0.2, 0.25) is 0 Å². The molecule has 1 aliphatic rings. The first kappa shape index (κ1) is 16.5. The minimum atomic E-state index is -3.70. The molecule has 0 radical (unpaired) electrons. The average molecular weight is 365 g/mol. The highest BCUT2D eigenvalue weighted by atomic mass is 32.2. The highest BCUT2D eigenvalue weighted by Crippen LogP contribution is 2.28. The molecule has 1 fully saturated rings. The van der Waals surface area contributed by atoms with Crippen LogP contribution in [0.4, 0.5) is 10.5 Å². The molecule has 2 heterocycles. The molecular formula is C15H15N3O4S2. The molecule has 3 N–H and O–H groups in total. The molecule has 0 aliphatic carbocycles. The Morgan fingerprint density at radius 2 is 1.92 bits per heavy atom. The molecule has 3 amide bonds. The fourth-order valence-corrected chi connectivity index (χ4v) is 4.73. The first-order chi connectivity index (χ1) is 11.2. The van der Waals surface area contributed by atoms with E-state index < -0.39 is 27.5 Å². The van der Waals surface area contributed by atoms with Crippen LogP contribution in [0.15, 0.2) is 40.6 Å². The number of anilines is 1. The second-order valence-corrected chi connectivity index (χ2v) is 8.78. The highest BCUT2D eigenvalue weighted by molar-refractivity contribution is 7.94. The van der Waals surface area contributed by atoms with Gasteiger partial charge >= 0.3 is 6.03 Å². The third-order valence-electron chi connectivity index (χ3n) is 3.72. The van der Waals surface area contributed by atoms with Crippen molar-refractivity contribution in [3.05, 3.63) is 46.8 Å². The lowest BCUT2D eigenvalue weighted by Gasteiger charge is -2.21. The first-order valence-electron chi connectivity index (χ1n) is 7.04. The summed E-state index contributed by atoms with van der Waals surface area (Å²) in [5.74, 6) is -0.485. The van der Waals surface area contributed by atoms with E-state index in [0.29, 0.717) is 11.3 Å². The van der Waals surface area contributed by atoms with Gasteiger partial charge in [-0.2, -0.15) is 0 Å². The first-order valence-corrected chi connectivity index (χ1v) is 9.34. The molecule has 7 nitrogen and oxygen atoms in total. The Balaban J connectivity index is 1.92. The van der Waals surface area contributed by atoms with Crippen LogP contribution in [0, 0.1) is 6.92 Å². The fourth-order valence-electron chi connectivity index (χ4n) is 2.40. The van der Waals surface area contributed by atoms with Gasteiger partial charge in [0.15, 0.2) is 0 Å². The minimum Gasteiger partial charge on any atom is -0.320 e. The summed E-state index contributed by atoms with van der Waals surface area (Å²) in [6.45, 7) is 3.38. The number of hydrogen-bond donors (Lipinski definition) is 3. The highest BCUT2D eigenvalue weighted by Gasteiger charge is 2.43. The predicted molar refractivity (Wildman–Crippen MR) is 90.3 cm³/mol. The van der Waals surface area contributed by atoms with Gasteiger partial charge in [0.25, 0.3) is 15.9 Å². The van der Waals surface area contributed by atoms with Crippen molar-refractivity contribution in [3.63, 3.8) is 0 Å². The number of sulfonamides is 1. The quantitative estimate of drug-likeness (QED) is 0.720. The Labute approximate surface area is 143 Å². The molecule has 0 saturated carbocycles. The maximum Gasteiger partial charge on any atom is 0.322 e. The van der Waals surface area contributed by atoms with Gasteiger partial charge in [-0.25, -0.2) is 13.2 Å². The summed E-state index contributed by atoms with van der Waals surface area (Å²) in [6, 6.07) is 9.08. The molecule has 1 aromatic carbocycles. The summed E-state index contributed by atoms with van der Waals surface area (Å²) in [4.78, 5) is 24.3. The fraction of sp³-hybridized carbons (Fsp3) is 0.200. The van der Waals surface area contributed by atoms with Gasteiger partial charge in [0.1, 0.15) is 9.75 Å². The molecule has 0 bridgehead atoms. The van der Waals surface area contributed by atoms with Crippen LogP contribution >= 0.6 is 11.3 Å². The number of carbonyl (C=O) groups is 2. The van der Waals surface area contributed by atoms with Crippen LogP contribution < -0.4 is 15.4 Å². The van der Waals surface area contributed by atoms with Gasteiger partial charge in [0.05, 0.1) is 0 Å². The molecule has 24 heavy (non-hydrogen) atoms. The van der Waals surface area contributed by atoms with Gasteiger partial charge in [-0.1, -0.05) is 12.1 Å². The van der Waals surface area contributed by atoms with E-state index in [1.807, 2.05) is 6.92 Å². The van der Waals surface area contributed by atoms with Crippen LogP contribution in [0.25, 0.3) is 0 Å². The number of amides is 3. The van der Waals surface area contributed by atoms with Crippen molar-refractivity contribution in [1.82, 2.24) is 10.6 Å². The van der Waals surface area contributed by atoms with Crippen molar-refractivity contribution >= 4 is 39.0 Å². The molecule has 126 valence electrons. The average Bonchev–Trinajstić information content (AvgIpc) is 3.04. The topological polar surface area (TPSA) is 104 Å². The molecular weight excluding hydrogens is 350 g/mol. The molecule has 1 unspecified atom stereocenters.